The van der Waals surface area contributed by atoms with Crippen LogP contribution in [0.4, 0.5) is 14.6 Å². The number of nitrogens with zero attached hydrogens (tertiary/aromatic N) is 6. The summed E-state index contributed by atoms with van der Waals surface area (Å²) < 4.78 is 26.3. The van der Waals surface area contributed by atoms with Gasteiger partial charge < -0.3 is 15.1 Å². The number of aromatic nitrogens is 3. The molecule has 0 spiro atoms. The van der Waals surface area contributed by atoms with Gasteiger partial charge in [-0.05, 0) is 43.1 Å². The lowest BCUT2D eigenvalue weighted by atomic mass is 10.1. The van der Waals surface area contributed by atoms with Gasteiger partial charge in [-0.2, -0.15) is 13.9 Å². The number of nitrogens with one attached hydrogen (secondary N) is 1. The summed E-state index contributed by atoms with van der Waals surface area (Å²) in [4.78, 5) is 25.8. The molecular formula is C25H27F2N7O. The number of likely N-dealkylation sites (N-methyl/N-ethyl adjacent to an activating group) is 1. The standard InChI is InChI=1S/C25H27F2N7O/c1-17(6-7-28-18(2)33-10-8-32(3)9-11-33)24(35)31-23-13-21-12-19(4-5-20(21)14-29-23)22-15-30-34(16-22)25(26)27/h4-7,12-16,25H,1,8-11H2,2-3H3,(H,29,31,35)/b7-6-,28-18?. The van der Waals surface area contributed by atoms with E-state index < -0.39 is 12.5 Å². The van der Waals surface area contributed by atoms with Crippen LogP contribution in [0.5, 0.6) is 0 Å². The highest BCUT2D eigenvalue weighted by Crippen LogP contribution is 2.26. The van der Waals surface area contributed by atoms with Crippen LogP contribution in [-0.2, 0) is 4.79 Å². The van der Waals surface area contributed by atoms with Gasteiger partial charge in [0, 0.05) is 61.3 Å². The largest absolute Gasteiger partial charge is 0.358 e. The van der Waals surface area contributed by atoms with Crippen molar-refractivity contribution in [2.24, 2.45) is 4.99 Å². The molecule has 4 rings (SSSR count). The van der Waals surface area contributed by atoms with E-state index in [2.05, 4.69) is 43.8 Å². The molecule has 1 fully saturated rings. The summed E-state index contributed by atoms with van der Waals surface area (Å²) in [5, 5.41) is 8.06. The first-order valence-corrected chi connectivity index (χ1v) is 11.2. The van der Waals surface area contributed by atoms with Gasteiger partial charge in [0.05, 0.1) is 6.20 Å². The number of rotatable bonds is 6. The summed E-state index contributed by atoms with van der Waals surface area (Å²) in [6.07, 6.45) is 7.46. The van der Waals surface area contributed by atoms with E-state index in [0.717, 1.165) is 48.4 Å². The normalized spacial score (nSPS) is 15.3. The van der Waals surface area contributed by atoms with E-state index in [0.29, 0.717) is 16.1 Å². The van der Waals surface area contributed by atoms with Crippen molar-refractivity contribution in [3.05, 3.63) is 67.3 Å². The number of hydrogen-bond acceptors (Lipinski definition) is 5. The molecule has 0 atom stereocenters. The van der Waals surface area contributed by atoms with Crippen molar-refractivity contribution in [2.45, 2.75) is 13.5 Å². The topological polar surface area (TPSA) is 78.6 Å². The van der Waals surface area contributed by atoms with E-state index in [1.807, 2.05) is 25.1 Å². The molecule has 1 aromatic carbocycles. The number of carbonyl (C=O) groups is 1. The van der Waals surface area contributed by atoms with Gasteiger partial charge in [0.2, 0.25) is 0 Å². The van der Waals surface area contributed by atoms with Crippen molar-refractivity contribution in [1.82, 2.24) is 24.6 Å². The van der Waals surface area contributed by atoms with Gasteiger partial charge in [-0.15, -0.1) is 0 Å². The Bertz CT molecular complexity index is 1290. The van der Waals surface area contributed by atoms with E-state index in [1.54, 1.807) is 24.5 Å². The fraction of sp³-hybridized carbons (Fsp3) is 0.280. The molecule has 0 saturated carbocycles. The van der Waals surface area contributed by atoms with Gasteiger partial charge in [0.25, 0.3) is 5.91 Å². The number of piperazine rings is 1. The van der Waals surface area contributed by atoms with E-state index in [-0.39, 0.29) is 5.57 Å². The van der Waals surface area contributed by atoms with Crippen molar-refractivity contribution < 1.29 is 13.6 Å². The van der Waals surface area contributed by atoms with Crippen molar-refractivity contribution >= 4 is 28.3 Å². The number of halogens is 2. The minimum Gasteiger partial charge on any atom is -0.358 e. The second-order valence-electron chi connectivity index (χ2n) is 8.38. The number of amidine groups is 1. The first kappa shape index (κ1) is 24.2. The Balaban J connectivity index is 1.41. The van der Waals surface area contributed by atoms with Gasteiger partial charge in [-0.25, -0.2) is 14.7 Å². The van der Waals surface area contributed by atoms with Crippen molar-refractivity contribution in [3.63, 3.8) is 0 Å². The Labute approximate surface area is 202 Å². The number of amides is 1. The quantitative estimate of drug-likeness (QED) is 0.249. The summed E-state index contributed by atoms with van der Waals surface area (Å²) in [6.45, 7) is 6.90. The Hall–Kier alpha value is -3.92. The molecule has 1 saturated heterocycles. The lowest BCUT2D eigenvalue weighted by Gasteiger charge is -2.33. The fourth-order valence-electron chi connectivity index (χ4n) is 3.70. The van der Waals surface area contributed by atoms with Crippen LogP contribution >= 0.6 is 0 Å². The fourth-order valence-corrected chi connectivity index (χ4v) is 3.70. The molecule has 0 radical (unpaired) electrons. The van der Waals surface area contributed by atoms with Crippen LogP contribution < -0.4 is 5.32 Å². The summed E-state index contributed by atoms with van der Waals surface area (Å²) in [5.74, 6) is 0.859. The molecule has 8 nitrogen and oxygen atoms in total. The van der Waals surface area contributed by atoms with Gasteiger partial charge >= 0.3 is 6.55 Å². The SMILES string of the molecule is C=C(/C=C\N=C(C)N1CCN(C)CC1)C(=O)Nc1cc2cc(-c3cnn(C(F)F)c3)ccc2cn1. The maximum absolute atomic E-state index is 12.8. The summed E-state index contributed by atoms with van der Waals surface area (Å²) in [5.41, 5.74) is 1.55. The molecule has 1 aliphatic heterocycles. The lowest BCUT2D eigenvalue weighted by Crippen LogP contribution is -2.46. The van der Waals surface area contributed by atoms with Crippen molar-refractivity contribution in [2.75, 3.05) is 38.5 Å². The zero-order valence-corrected chi connectivity index (χ0v) is 19.7. The minimum atomic E-state index is -2.70. The molecule has 10 heteroatoms. The van der Waals surface area contributed by atoms with Crippen LogP contribution in [0, 0.1) is 0 Å². The molecule has 0 bridgehead atoms. The van der Waals surface area contributed by atoms with E-state index in [9.17, 15) is 13.6 Å². The number of anilines is 1. The first-order chi connectivity index (χ1) is 16.8. The van der Waals surface area contributed by atoms with Crippen LogP contribution in [0.1, 0.15) is 13.5 Å². The van der Waals surface area contributed by atoms with Crippen molar-refractivity contribution in [3.8, 4) is 11.1 Å². The highest BCUT2D eigenvalue weighted by atomic mass is 19.3. The van der Waals surface area contributed by atoms with E-state index in [4.69, 9.17) is 0 Å². The summed E-state index contributed by atoms with van der Waals surface area (Å²) in [6, 6.07) is 7.21. The third-order valence-electron chi connectivity index (χ3n) is 5.89. The van der Waals surface area contributed by atoms with Gasteiger partial charge in [-0.1, -0.05) is 18.7 Å². The Morgan fingerprint density at radius 3 is 2.63 bits per heavy atom. The third kappa shape index (κ3) is 5.96. The van der Waals surface area contributed by atoms with Crippen molar-refractivity contribution in [1.29, 1.82) is 0 Å². The van der Waals surface area contributed by atoms with Crippen LogP contribution in [0.2, 0.25) is 0 Å². The Morgan fingerprint density at radius 1 is 1.14 bits per heavy atom. The van der Waals surface area contributed by atoms with Crippen LogP contribution in [0.3, 0.4) is 0 Å². The molecule has 1 aliphatic rings. The highest BCUT2D eigenvalue weighted by molar-refractivity contribution is 6.05. The maximum atomic E-state index is 12.8. The third-order valence-corrected chi connectivity index (χ3v) is 5.89. The number of benzene rings is 1. The van der Waals surface area contributed by atoms with E-state index in [1.165, 1.54) is 12.4 Å². The highest BCUT2D eigenvalue weighted by Gasteiger charge is 2.14. The second-order valence-corrected chi connectivity index (χ2v) is 8.38. The number of alkyl halides is 2. The zero-order chi connectivity index (χ0) is 24.9. The van der Waals surface area contributed by atoms with Crippen LogP contribution in [0.25, 0.3) is 21.9 Å². The van der Waals surface area contributed by atoms with Crippen LogP contribution in [0.15, 0.2) is 72.3 Å². The molecule has 0 unspecified atom stereocenters. The molecular weight excluding hydrogens is 452 g/mol. The maximum Gasteiger partial charge on any atom is 0.333 e. The first-order valence-electron chi connectivity index (χ1n) is 11.2. The monoisotopic (exact) mass is 479 g/mol. The lowest BCUT2D eigenvalue weighted by molar-refractivity contribution is -0.112. The summed E-state index contributed by atoms with van der Waals surface area (Å²) >= 11 is 0. The molecule has 2 aromatic heterocycles. The average Bonchev–Trinajstić information content (AvgIpc) is 3.35. The molecule has 0 aliphatic carbocycles. The molecule has 3 aromatic rings. The number of pyridine rings is 1. The molecule has 182 valence electrons. The van der Waals surface area contributed by atoms with Gasteiger partial charge in [-0.3, -0.25) is 4.79 Å². The smallest absolute Gasteiger partial charge is 0.333 e. The number of fused-ring (bicyclic) bond motifs is 1. The molecule has 1 amide bonds. The summed E-state index contributed by atoms with van der Waals surface area (Å²) in [7, 11) is 2.10. The second kappa shape index (κ2) is 10.6. The van der Waals surface area contributed by atoms with E-state index >= 15 is 0 Å². The van der Waals surface area contributed by atoms with Gasteiger partial charge in [0.15, 0.2) is 0 Å². The molecule has 1 N–H and O–H groups in total. The van der Waals surface area contributed by atoms with Gasteiger partial charge in [0.1, 0.15) is 11.7 Å². The number of aliphatic imine (C=N–C) groups is 1. The minimum absolute atomic E-state index is 0.245. The zero-order valence-electron chi connectivity index (χ0n) is 19.7. The predicted octanol–water partition coefficient (Wildman–Crippen LogP) is 4.17. The Morgan fingerprint density at radius 2 is 1.91 bits per heavy atom. The Kier molecular flexibility index (Phi) is 7.31. The number of hydrogen-bond donors (Lipinski definition) is 1. The molecule has 3 heterocycles. The predicted molar refractivity (Wildman–Crippen MR) is 133 cm³/mol. The number of carbonyl (C=O) groups excluding carboxylic acids is 1. The van der Waals surface area contributed by atoms with Crippen LogP contribution in [-0.4, -0.2) is 69.5 Å². The average molecular weight is 480 g/mol. The molecule has 35 heavy (non-hydrogen) atoms.